The first-order valence-corrected chi connectivity index (χ1v) is 4.68. The lowest BCUT2D eigenvalue weighted by Crippen LogP contribution is -2.24. The van der Waals surface area contributed by atoms with Crippen LogP contribution in [-0.4, -0.2) is 22.6 Å². The van der Waals surface area contributed by atoms with Crippen molar-refractivity contribution in [2.45, 2.75) is 0 Å². The van der Waals surface area contributed by atoms with Crippen molar-refractivity contribution in [3.05, 3.63) is 41.5 Å². The van der Waals surface area contributed by atoms with Gasteiger partial charge >= 0.3 is 5.97 Å². The van der Waals surface area contributed by atoms with E-state index in [0.29, 0.717) is 5.56 Å². The molecule has 0 saturated carbocycles. The lowest BCUT2D eigenvalue weighted by atomic mass is 10.1. The smallest absolute Gasteiger partial charge is 0.328 e. The van der Waals surface area contributed by atoms with E-state index in [4.69, 9.17) is 22.1 Å². The molecule has 0 radical (unpaired) electrons. The van der Waals surface area contributed by atoms with E-state index >= 15 is 0 Å². The third-order valence-corrected chi connectivity index (χ3v) is 1.99. The average molecular weight is 269 g/mol. The van der Waals surface area contributed by atoms with Gasteiger partial charge in [0, 0.05) is 11.6 Å². The Hall–Kier alpha value is -2.34. The maximum Gasteiger partial charge on any atom is 0.328 e. The maximum absolute atomic E-state index is 10.3. The highest BCUT2D eigenvalue weighted by Gasteiger charge is 2.05. The highest BCUT2D eigenvalue weighted by atomic mass is 35.5. The average Bonchev–Trinajstić information content (AvgIpc) is 2.28. The van der Waals surface area contributed by atoms with Gasteiger partial charge in [-0.2, -0.15) is 5.10 Å². The Morgan fingerprint density at radius 2 is 1.89 bits per heavy atom. The summed E-state index contributed by atoms with van der Waals surface area (Å²) in [5.41, 5.74) is 6.81. The summed E-state index contributed by atoms with van der Waals surface area (Å²) in [4.78, 5) is 10.3. The first-order chi connectivity index (χ1) is 8.04. The van der Waals surface area contributed by atoms with E-state index in [2.05, 4.69) is 5.10 Å². The van der Waals surface area contributed by atoms with Crippen LogP contribution in [0.5, 0.6) is 0 Å². The highest BCUT2D eigenvalue weighted by Crippen LogP contribution is 2.07. The quantitative estimate of drug-likeness (QED) is 0.212. The first kappa shape index (κ1) is 15.7. The maximum atomic E-state index is 10.3. The largest absolute Gasteiger partial charge is 0.478 e. The Labute approximate surface area is 110 Å². The second-order valence-corrected chi connectivity index (χ2v) is 3.18. The van der Waals surface area contributed by atoms with E-state index in [1.807, 2.05) is 0 Å². The van der Waals surface area contributed by atoms with E-state index in [-0.39, 0.29) is 24.0 Å². The molecule has 0 aliphatic heterocycles. The third kappa shape index (κ3) is 4.26. The second kappa shape index (κ2) is 7.08. The van der Waals surface area contributed by atoms with Crippen molar-refractivity contribution in [1.82, 2.24) is 0 Å². The number of hydrazone groups is 1. The molecule has 0 bridgehead atoms. The molecule has 0 aliphatic rings. The number of amidine groups is 1. The Kier molecular flexibility index (Phi) is 6.16. The molecule has 0 amide bonds. The van der Waals surface area contributed by atoms with Gasteiger partial charge in [0.25, 0.3) is 0 Å². The number of nitrogens with one attached hydrogen (secondary N) is 1. The molecule has 6 nitrogen and oxygen atoms in total. The van der Waals surface area contributed by atoms with Gasteiger partial charge in [-0.25, -0.2) is 4.79 Å². The topological polar surface area (TPSA) is 126 Å². The van der Waals surface area contributed by atoms with Crippen LogP contribution in [-0.2, 0) is 4.79 Å². The first-order valence-electron chi connectivity index (χ1n) is 4.68. The highest BCUT2D eigenvalue weighted by molar-refractivity contribution is 6.45. The molecule has 0 unspecified atom stereocenters. The molecule has 0 heterocycles. The van der Waals surface area contributed by atoms with Gasteiger partial charge in [-0.15, -0.1) is 12.4 Å². The van der Waals surface area contributed by atoms with Crippen molar-refractivity contribution in [2.75, 3.05) is 0 Å². The molecule has 0 aliphatic carbocycles. The fourth-order valence-corrected chi connectivity index (χ4v) is 1.22. The van der Waals surface area contributed by atoms with Gasteiger partial charge in [0.05, 0.1) is 0 Å². The van der Waals surface area contributed by atoms with Crippen molar-refractivity contribution in [2.24, 2.45) is 16.7 Å². The number of rotatable bonds is 4. The number of carbonyl (C=O) groups is 1. The van der Waals surface area contributed by atoms with Crippen molar-refractivity contribution < 1.29 is 9.90 Å². The fraction of sp³-hybridized carbons (Fsp3) is 0. The van der Waals surface area contributed by atoms with Crippen LogP contribution in [0.3, 0.4) is 0 Å². The van der Waals surface area contributed by atoms with Gasteiger partial charge in [-0.3, -0.25) is 5.41 Å². The Morgan fingerprint density at radius 1 is 1.33 bits per heavy atom. The van der Waals surface area contributed by atoms with Crippen molar-refractivity contribution in [1.29, 1.82) is 5.41 Å². The zero-order valence-corrected chi connectivity index (χ0v) is 10.1. The minimum absolute atomic E-state index is 0. The minimum atomic E-state index is -1.01. The minimum Gasteiger partial charge on any atom is -0.478 e. The summed E-state index contributed by atoms with van der Waals surface area (Å²) in [6, 6.07) is 6.69. The number of nitrogens with two attached hydrogens (primary N) is 2. The van der Waals surface area contributed by atoms with Crippen LogP contribution in [0.15, 0.2) is 35.4 Å². The standard InChI is InChI=1S/C11H12N4O2.ClH/c12-11(13)10(15-14)8-4-1-7(2-5-8)3-6-9(16)17;/h1-6H,14H2,(H3,12,13)(H,16,17);1H/b6-3+,15-10?;. The van der Waals surface area contributed by atoms with Crippen LogP contribution in [0.4, 0.5) is 0 Å². The van der Waals surface area contributed by atoms with Gasteiger partial charge in [0.15, 0.2) is 0 Å². The molecular weight excluding hydrogens is 256 g/mol. The SMILES string of the molecule is Cl.N=C(N)C(=NN)c1ccc(/C=C/C(=O)O)cc1. The summed E-state index contributed by atoms with van der Waals surface area (Å²) in [7, 11) is 0. The van der Waals surface area contributed by atoms with Gasteiger partial charge < -0.3 is 16.7 Å². The van der Waals surface area contributed by atoms with E-state index < -0.39 is 5.97 Å². The van der Waals surface area contributed by atoms with Crippen LogP contribution in [0.2, 0.25) is 0 Å². The van der Waals surface area contributed by atoms with E-state index in [9.17, 15) is 4.79 Å². The number of nitrogens with zero attached hydrogens (tertiary/aromatic N) is 1. The Balaban J connectivity index is 0.00000289. The summed E-state index contributed by atoms with van der Waals surface area (Å²) in [6.07, 6.45) is 2.50. The molecule has 0 fully saturated rings. The monoisotopic (exact) mass is 268 g/mol. The number of hydrogen-bond acceptors (Lipinski definition) is 4. The number of benzene rings is 1. The number of carboxylic acid groups (broad SMARTS) is 1. The second-order valence-electron chi connectivity index (χ2n) is 3.18. The van der Waals surface area contributed by atoms with E-state index in [1.54, 1.807) is 24.3 Å². The van der Waals surface area contributed by atoms with Crippen LogP contribution >= 0.6 is 12.4 Å². The zero-order chi connectivity index (χ0) is 12.8. The molecule has 96 valence electrons. The molecule has 0 aromatic heterocycles. The number of hydrogen-bond donors (Lipinski definition) is 4. The number of carboxylic acids is 1. The molecule has 1 aromatic carbocycles. The Morgan fingerprint density at radius 3 is 2.28 bits per heavy atom. The van der Waals surface area contributed by atoms with Crippen LogP contribution in [0.25, 0.3) is 6.08 Å². The molecule has 0 saturated heterocycles. The molecular formula is C11H13ClN4O2. The summed E-state index contributed by atoms with van der Waals surface area (Å²) in [6.45, 7) is 0. The van der Waals surface area contributed by atoms with Gasteiger partial charge in [-0.1, -0.05) is 24.3 Å². The van der Waals surface area contributed by atoms with Crippen LogP contribution < -0.4 is 11.6 Å². The Bertz CT molecular complexity index is 494. The number of aliphatic carboxylic acids is 1. The van der Waals surface area contributed by atoms with Gasteiger partial charge in [-0.05, 0) is 11.6 Å². The summed E-state index contributed by atoms with van der Waals surface area (Å²) < 4.78 is 0. The third-order valence-electron chi connectivity index (χ3n) is 1.99. The van der Waals surface area contributed by atoms with Gasteiger partial charge in [0.1, 0.15) is 11.5 Å². The molecule has 6 N–H and O–H groups in total. The molecule has 7 heteroatoms. The molecule has 1 rings (SSSR count). The molecule has 1 aromatic rings. The van der Waals surface area contributed by atoms with Crippen LogP contribution in [0.1, 0.15) is 11.1 Å². The molecule has 0 atom stereocenters. The normalized spacial score (nSPS) is 11.0. The van der Waals surface area contributed by atoms with E-state index in [1.165, 1.54) is 6.08 Å². The van der Waals surface area contributed by atoms with Crippen molar-refractivity contribution >= 4 is 36.0 Å². The van der Waals surface area contributed by atoms with Crippen molar-refractivity contribution in [3.63, 3.8) is 0 Å². The van der Waals surface area contributed by atoms with Gasteiger partial charge in [0.2, 0.25) is 0 Å². The predicted molar refractivity (Wildman–Crippen MR) is 73.0 cm³/mol. The van der Waals surface area contributed by atoms with E-state index in [0.717, 1.165) is 11.6 Å². The van der Waals surface area contributed by atoms with Crippen LogP contribution in [0, 0.1) is 5.41 Å². The molecule has 0 spiro atoms. The lowest BCUT2D eigenvalue weighted by molar-refractivity contribution is -0.131. The number of halogens is 1. The fourth-order valence-electron chi connectivity index (χ4n) is 1.22. The van der Waals surface area contributed by atoms with Crippen molar-refractivity contribution in [3.8, 4) is 0 Å². The summed E-state index contributed by atoms with van der Waals surface area (Å²) in [5, 5.41) is 19.1. The zero-order valence-electron chi connectivity index (χ0n) is 9.33. The summed E-state index contributed by atoms with van der Waals surface area (Å²) >= 11 is 0. The summed E-state index contributed by atoms with van der Waals surface area (Å²) in [5.74, 6) is 3.88. The lowest BCUT2D eigenvalue weighted by Gasteiger charge is -2.03. The molecule has 18 heavy (non-hydrogen) atoms. The predicted octanol–water partition coefficient (Wildman–Crippen LogP) is 0.805.